The molecule has 1 fully saturated rings. The Balaban J connectivity index is 0.00000124. The Labute approximate surface area is 206 Å². The molecule has 0 radical (unpaired) electrons. The fraction of sp³-hybridized carbons (Fsp3) is 0.481. The molecule has 0 spiro atoms. The smallest absolute Gasteiger partial charge is 0.230 e. The third kappa shape index (κ3) is 4.73. The van der Waals surface area contributed by atoms with Crippen LogP contribution in [-0.2, 0) is 13.0 Å². The fourth-order valence-corrected chi connectivity index (χ4v) is 5.43. The fourth-order valence-electron chi connectivity index (χ4n) is 5.43. The van der Waals surface area contributed by atoms with E-state index in [2.05, 4.69) is 36.9 Å². The lowest BCUT2D eigenvalue weighted by molar-refractivity contribution is 0.183. The Bertz CT molecular complexity index is 1300. The Morgan fingerprint density at radius 2 is 1.89 bits per heavy atom. The van der Waals surface area contributed by atoms with Crippen molar-refractivity contribution in [3.63, 3.8) is 0 Å². The number of nitrogens with zero attached hydrogens (tertiary/aromatic N) is 6. The summed E-state index contributed by atoms with van der Waals surface area (Å²) in [5, 5.41) is 14.8. The number of anilines is 2. The van der Waals surface area contributed by atoms with Gasteiger partial charge in [0.1, 0.15) is 11.5 Å². The molecule has 0 unspecified atom stereocenters. The van der Waals surface area contributed by atoms with Gasteiger partial charge in [-0.15, -0.1) is 0 Å². The molecule has 5 heterocycles. The molecule has 2 N–H and O–H groups in total. The van der Waals surface area contributed by atoms with Gasteiger partial charge in [0.15, 0.2) is 0 Å². The van der Waals surface area contributed by atoms with Gasteiger partial charge in [-0.05, 0) is 30.5 Å². The van der Waals surface area contributed by atoms with E-state index in [1.54, 1.807) is 0 Å². The van der Waals surface area contributed by atoms with Crippen molar-refractivity contribution in [3.8, 4) is 0 Å². The van der Waals surface area contributed by atoms with Crippen molar-refractivity contribution in [2.24, 2.45) is 0 Å². The molecular weight excluding hydrogens is 438 g/mol. The van der Waals surface area contributed by atoms with E-state index in [1.807, 2.05) is 38.5 Å². The van der Waals surface area contributed by atoms with Crippen LogP contribution in [0.15, 0.2) is 36.8 Å². The second-order valence-electron chi connectivity index (χ2n) is 9.16. The summed E-state index contributed by atoms with van der Waals surface area (Å²) in [6, 6.07) is 6.64. The van der Waals surface area contributed by atoms with Crippen molar-refractivity contribution >= 4 is 33.7 Å². The second-order valence-corrected chi connectivity index (χ2v) is 9.16. The predicted molar refractivity (Wildman–Crippen MR) is 140 cm³/mol. The molecule has 35 heavy (non-hydrogen) atoms. The largest absolute Gasteiger partial charge is 0.395 e. The number of pyridine rings is 2. The molecular formula is C27H35N7O. The van der Waals surface area contributed by atoms with Crippen LogP contribution in [-0.4, -0.2) is 54.2 Å². The number of aliphatic hydroxyl groups is 1. The summed E-state index contributed by atoms with van der Waals surface area (Å²) in [4.78, 5) is 21.1. The number of nitrogens with one attached hydrogen (secondary N) is 1. The van der Waals surface area contributed by atoms with E-state index in [4.69, 9.17) is 9.97 Å². The van der Waals surface area contributed by atoms with Crippen molar-refractivity contribution < 1.29 is 5.11 Å². The van der Waals surface area contributed by atoms with Gasteiger partial charge in [0.25, 0.3) is 0 Å². The third-order valence-corrected chi connectivity index (χ3v) is 7.07. The van der Waals surface area contributed by atoms with E-state index in [9.17, 15) is 5.11 Å². The zero-order valence-electron chi connectivity index (χ0n) is 20.7. The number of rotatable bonds is 5. The molecule has 0 amide bonds. The van der Waals surface area contributed by atoms with E-state index in [0.29, 0.717) is 18.5 Å². The Morgan fingerprint density at radius 1 is 1.03 bits per heavy atom. The lowest BCUT2D eigenvalue weighted by atomic mass is 9.95. The molecule has 8 heteroatoms. The lowest BCUT2D eigenvalue weighted by Crippen LogP contribution is -2.33. The van der Waals surface area contributed by atoms with Gasteiger partial charge in [0.05, 0.1) is 18.3 Å². The van der Waals surface area contributed by atoms with Gasteiger partial charge in [0, 0.05) is 61.0 Å². The number of fused-ring (bicyclic) bond motifs is 4. The van der Waals surface area contributed by atoms with Crippen LogP contribution in [0.3, 0.4) is 0 Å². The Kier molecular flexibility index (Phi) is 7.20. The molecule has 1 saturated carbocycles. The third-order valence-electron chi connectivity index (χ3n) is 7.07. The summed E-state index contributed by atoms with van der Waals surface area (Å²) >= 11 is 0. The van der Waals surface area contributed by atoms with Crippen LogP contribution in [0.2, 0.25) is 0 Å². The predicted octanol–water partition coefficient (Wildman–Crippen LogP) is 5.00. The summed E-state index contributed by atoms with van der Waals surface area (Å²) in [5.74, 6) is 1.34. The maximum absolute atomic E-state index is 9.21. The zero-order chi connectivity index (χ0) is 24.2. The van der Waals surface area contributed by atoms with E-state index in [1.165, 1.54) is 37.7 Å². The van der Waals surface area contributed by atoms with Crippen molar-refractivity contribution in [3.05, 3.63) is 48.0 Å². The van der Waals surface area contributed by atoms with E-state index >= 15 is 0 Å². The first-order chi connectivity index (χ1) is 17.3. The number of β-amino-alcohol motifs (C(OH)–C–C–N with tert-alkyl or cyclic N) is 1. The van der Waals surface area contributed by atoms with Crippen LogP contribution >= 0.6 is 0 Å². The van der Waals surface area contributed by atoms with E-state index in [0.717, 1.165) is 53.0 Å². The van der Waals surface area contributed by atoms with Crippen LogP contribution in [0, 0.1) is 0 Å². The number of aliphatic hydroxyl groups excluding tert-OH is 1. The van der Waals surface area contributed by atoms with Gasteiger partial charge in [0.2, 0.25) is 5.95 Å². The van der Waals surface area contributed by atoms with Gasteiger partial charge in [-0.2, -0.15) is 4.98 Å². The summed E-state index contributed by atoms with van der Waals surface area (Å²) < 4.78 is 2.39. The highest BCUT2D eigenvalue weighted by atomic mass is 16.3. The molecule has 0 atom stereocenters. The van der Waals surface area contributed by atoms with Gasteiger partial charge < -0.3 is 15.0 Å². The molecule has 6 rings (SSSR count). The molecule has 2 aliphatic rings. The second kappa shape index (κ2) is 10.7. The van der Waals surface area contributed by atoms with Gasteiger partial charge in [-0.1, -0.05) is 39.2 Å². The van der Waals surface area contributed by atoms with E-state index < -0.39 is 0 Å². The zero-order valence-corrected chi connectivity index (χ0v) is 20.7. The highest BCUT2D eigenvalue weighted by molar-refractivity contribution is 6.06. The molecule has 0 saturated heterocycles. The first kappa shape index (κ1) is 23.6. The topological polar surface area (TPSA) is 92.0 Å². The summed E-state index contributed by atoms with van der Waals surface area (Å²) in [6.07, 6.45) is 12.8. The van der Waals surface area contributed by atoms with Crippen molar-refractivity contribution in [2.75, 3.05) is 25.0 Å². The normalized spacial score (nSPS) is 16.7. The van der Waals surface area contributed by atoms with Crippen molar-refractivity contribution in [2.45, 2.75) is 65.0 Å². The molecule has 0 aromatic carbocycles. The van der Waals surface area contributed by atoms with Crippen molar-refractivity contribution in [1.29, 1.82) is 0 Å². The Morgan fingerprint density at radius 3 is 2.71 bits per heavy atom. The molecule has 1 aliphatic carbocycles. The lowest BCUT2D eigenvalue weighted by Gasteiger charge is -2.27. The van der Waals surface area contributed by atoms with Gasteiger partial charge in [-0.3, -0.25) is 9.88 Å². The van der Waals surface area contributed by atoms with Gasteiger partial charge >= 0.3 is 0 Å². The number of hydrogen-bond donors (Lipinski definition) is 2. The minimum atomic E-state index is 0.190. The minimum Gasteiger partial charge on any atom is -0.395 e. The monoisotopic (exact) mass is 473 g/mol. The maximum Gasteiger partial charge on any atom is 0.230 e. The molecule has 4 aromatic rings. The van der Waals surface area contributed by atoms with E-state index in [-0.39, 0.29) is 6.61 Å². The summed E-state index contributed by atoms with van der Waals surface area (Å²) in [7, 11) is 0. The SMILES string of the molecule is CC.OCCN1CCc2nc(Nc3ncc4c5ccncc5n(C5CCCCC5)c4n3)ccc2C1. The number of aromatic nitrogens is 5. The highest BCUT2D eigenvalue weighted by Crippen LogP contribution is 2.36. The Hall–Kier alpha value is -3.10. The van der Waals surface area contributed by atoms with Crippen LogP contribution in [0.25, 0.3) is 21.9 Å². The summed E-state index contributed by atoms with van der Waals surface area (Å²) in [6.45, 7) is 6.65. The molecule has 0 bridgehead atoms. The average Bonchev–Trinajstić information content (AvgIpc) is 3.24. The van der Waals surface area contributed by atoms with Crippen LogP contribution in [0.1, 0.15) is 63.3 Å². The van der Waals surface area contributed by atoms with Crippen molar-refractivity contribution in [1.82, 2.24) is 29.4 Å². The average molecular weight is 474 g/mol. The molecule has 4 aromatic heterocycles. The van der Waals surface area contributed by atoms with Crippen LogP contribution in [0.5, 0.6) is 0 Å². The maximum atomic E-state index is 9.21. The number of hydrogen-bond acceptors (Lipinski definition) is 7. The molecule has 8 nitrogen and oxygen atoms in total. The quantitative estimate of drug-likeness (QED) is 0.421. The molecule has 1 aliphatic heterocycles. The standard InChI is InChI=1S/C25H29N7O.C2H6/c33-13-12-31-11-9-21-17(16-31)6-7-23(28-21)29-25-27-14-20-19-8-10-26-15-22(19)32(24(20)30-25)18-4-2-1-3-5-18;1-2/h6-8,10,14-15,18,33H,1-5,9,11-13,16H2,(H,27,28,29,30);1-2H3. The highest BCUT2D eigenvalue weighted by Gasteiger charge is 2.22. The minimum absolute atomic E-state index is 0.190. The summed E-state index contributed by atoms with van der Waals surface area (Å²) in [5.41, 5.74) is 4.45. The molecule has 184 valence electrons. The first-order valence-corrected chi connectivity index (χ1v) is 13.0. The van der Waals surface area contributed by atoms with Gasteiger partial charge in [-0.25, -0.2) is 9.97 Å². The van der Waals surface area contributed by atoms with Crippen LogP contribution < -0.4 is 5.32 Å². The first-order valence-electron chi connectivity index (χ1n) is 13.0. The van der Waals surface area contributed by atoms with Crippen LogP contribution in [0.4, 0.5) is 11.8 Å².